The van der Waals surface area contributed by atoms with Crippen molar-refractivity contribution in [3.63, 3.8) is 0 Å². The van der Waals surface area contributed by atoms with Crippen molar-refractivity contribution in [3.05, 3.63) is 89.4 Å². The number of rotatable bonds is 6. The predicted molar refractivity (Wildman–Crippen MR) is 114 cm³/mol. The minimum atomic E-state index is 0.736. The van der Waals surface area contributed by atoms with Crippen LogP contribution in [0.5, 0.6) is 5.75 Å². The average molecular weight is 408 g/mol. The van der Waals surface area contributed by atoms with Crippen LogP contribution in [-0.4, -0.2) is 21.9 Å². The van der Waals surface area contributed by atoms with E-state index in [-0.39, 0.29) is 0 Å². The maximum absolute atomic E-state index is 6.11. The van der Waals surface area contributed by atoms with Gasteiger partial charge in [0, 0.05) is 22.0 Å². The van der Waals surface area contributed by atoms with Crippen molar-refractivity contribution in [2.24, 2.45) is 0 Å². The van der Waals surface area contributed by atoms with Crippen molar-refractivity contribution < 1.29 is 4.74 Å². The Labute approximate surface area is 173 Å². The van der Waals surface area contributed by atoms with Crippen molar-refractivity contribution in [1.29, 1.82) is 0 Å². The quantitative estimate of drug-likeness (QED) is 0.374. The Balaban J connectivity index is 1.73. The monoisotopic (exact) mass is 407 g/mol. The highest BCUT2D eigenvalue weighted by Gasteiger charge is 2.16. The molecule has 0 N–H and O–H groups in total. The van der Waals surface area contributed by atoms with Gasteiger partial charge in [-0.15, -0.1) is 10.2 Å². The Hall–Kier alpha value is -2.76. The Kier molecular flexibility index (Phi) is 5.65. The lowest BCUT2D eigenvalue weighted by atomic mass is 10.2. The van der Waals surface area contributed by atoms with Crippen LogP contribution in [0, 0.1) is 0 Å². The van der Waals surface area contributed by atoms with Gasteiger partial charge in [0.25, 0.3) is 0 Å². The Bertz CT molecular complexity index is 1080. The highest BCUT2D eigenvalue weighted by Crippen LogP contribution is 2.31. The molecule has 0 fully saturated rings. The summed E-state index contributed by atoms with van der Waals surface area (Å²) in [5, 5.41) is 10.5. The van der Waals surface area contributed by atoms with Crippen LogP contribution in [0.1, 0.15) is 5.56 Å². The van der Waals surface area contributed by atoms with Crippen molar-refractivity contribution in [2.75, 3.05) is 7.11 Å². The van der Waals surface area contributed by atoms with E-state index >= 15 is 0 Å². The van der Waals surface area contributed by atoms with E-state index in [1.807, 2.05) is 60.7 Å². The minimum absolute atomic E-state index is 0.736. The number of halogens is 1. The van der Waals surface area contributed by atoms with Gasteiger partial charge in [-0.05, 0) is 42.0 Å². The molecule has 3 aromatic carbocycles. The van der Waals surface area contributed by atoms with Gasteiger partial charge in [-0.2, -0.15) is 0 Å². The van der Waals surface area contributed by atoms with Gasteiger partial charge in [0.15, 0.2) is 11.0 Å². The fourth-order valence-electron chi connectivity index (χ4n) is 2.90. The number of benzene rings is 3. The van der Waals surface area contributed by atoms with E-state index in [4.69, 9.17) is 16.3 Å². The van der Waals surface area contributed by atoms with Crippen LogP contribution in [-0.2, 0) is 5.75 Å². The molecule has 0 unspecified atom stereocenters. The maximum atomic E-state index is 6.11. The number of hydrogen-bond acceptors (Lipinski definition) is 4. The van der Waals surface area contributed by atoms with Gasteiger partial charge in [-0.25, -0.2) is 0 Å². The summed E-state index contributed by atoms with van der Waals surface area (Å²) in [6.07, 6.45) is 0. The summed E-state index contributed by atoms with van der Waals surface area (Å²) in [6, 6.07) is 25.8. The van der Waals surface area contributed by atoms with Gasteiger partial charge < -0.3 is 4.74 Å². The number of thioether (sulfide) groups is 1. The normalized spacial score (nSPS) is 10.8. The summed E-state index contributed by atoms with van der Waals surface area (Å²) >= 11 is 7.74. The highest BCUT2D eigenvalue weighted by atomic mass is 35.5. The van der Waals surface area contributed by atoms with Crippen LogP contribution in [0.25, 0.3) is 17.1 Å². The maximum Gasteiger partial charge on any atom is 0.196 e. The van der Waals surface area contributed by atoms with Crippen LogP contribution in [0.2, 0.25) is 5.02 Å². The first-order chi connectivity index (χ1) is 13.7. The molecule has 0 radical (unpaired) electrons. The second kappa shape index (κ2) is 8.50. The molecule has 28 heavy (non-hydrogen) atoms. The largest absolute Gasteiger partial charge is 0.497 e. The molecule has 0 atom stereocenters. The number of methoxy groups -OCH3 is 1. The van der Waals surface area contributed by atoms with Gasteiger partial charge in [0.1, 0.15) is 5.75 Å². The second-order valence-corrected chi connectivity index (χ2v) is 7.51. The van der Waals surface area contributed by atoms with Crippen molar-refractivity contribution in [3.8, 4) is 22.8 Å². The molecule has 6 heteroatoms. The van der Waals surface area contributed by atoms with E-state index in [1.54, 1.807) is 18.9 Å². The van der Waals surface area contributed by atoms with Gasteiger partial charge in [-0.3, -0.25) is 4.57 Å². The third-order valence-corrected chi connectivity index (χ3v) is 5.47. The fraction of sp³-hybridized carbons (Fsp3) is 0.0909. The molecule has 0 aliphatic heterocycles. The van der Waals surface area contributed by atoms with Crippen molar-refractivity contribution in [2.45, 2.75) is 10.9 Å². The summed E-state index contributed by atoms with van der Waals surface area (Å²) in [6.45, 7) is 0. The molecule has 0 aliphatic carbocycles. The van der Waals surface area contributed by atoms with E-state index in [1.165, 1.54) is 0 Å². The highest BCUT2D eigenvalue weighted by molar-refractivity contribution is 7.98. The van der Waals surface area contributed by atoms with Gasteiger partial charge in [-0.1, -0.05) is 65.8 Å². The molecule has 1 aromatic heterocycles. The lowest BCUT2D eigenvalue weighted by Crippen LogP contribution is -1.99. The van der Waals surface area contributed by atoms with Crippen LogP contribution >= 0.6 is 23.4 Å². The summed E-state index contributed by atoms with van der Waals surface area (Å²) in [5.41, 5.74) is 3.10. The molecule has 140 valence electrons. The topological polar surface area (TPSA) is 39.9 Å². The first kappa shape index (κ1) is 18.6. The molecule has 0 bridgehead atoms. The molecule has 0 saturated heterocycles. The Morgan fingerprint density at radius 1 is 0.929 bits per heavy atom. The lowest BCUT2D eigenvalue weighted by Gasteiger charge is -2.11. The van der Waals surface area contributed by atoms with Crippen LogP contribution < -0.4 is 4.74 Å². The molecule has 1 heterocycles. The zero-order valence-corrected chi connectivity index (χ0v) is 16.8. The number of para-hydroxylation sites is 1. The minimum Gasteiger partial charge on any atom is -0.497 e. The summed E-state index contributed by atoms with van der Waals surface area (Å²) in [7, 11) is 1.66. The zero-order valence-electron chi connectivity index (χ0n) is 15.2. The zero-order chi connectivity index (χ0) is 19.3. The molecule has 4 aromatic rings. The third-order valence-electron chi connectivity index (χ3n) is 4.23. The number of nitrogens with zero attached hydrogens (tertiary/aromatic N) is 3. The average Bonchev–Trinajstić information content (AvgIpc) is 3.17. The fourth-order valence-corrected chi connectivity index (χ4v) is 4.00. The third kappa shape index (κ3) is 4.06. The Morgan fingerprint density at radius 2 is 1.75 bits per heavy atom. The number of ether oxygens (including phenoxy) is 1. The second-order valence-electron chi connectivity index (χ2n) is 6.13. The van der Waals surface area contributed by atoms with E-state index in [2.05, 4.69) is 33.0 Å². The molecule has 4 rings (SSSR count). The standard InChI is InChI=1S/C22H18ClN3OS/c1-27-20-12-6-8-17(14-20)21-24-25-22(26(21)19-10-3-2-4-11-19)28-15-16-7-5-9-18(23)13-16/h2-14H,15H2,1H3. The van der Waals surface area contributed by atoms with Gasteiger partial charge in [0.05, 0.1) is 7.11 Å². The molecular weight excluding hydrogens is 390 g/mol. The van der Waals surface area contributed by atoms with E-state index in [0.29, 0.717) is 0 Å². The van der Waals surface area contributed by atoms with Crippen molar-refractivity contribution >= 4 is 23.4 Å². The summed E-state index contributed by atoms with van der Waals surface area (Å²) in [4.78, 5) is 0. The molecule has 0 aliphatic rings. The molecular formula is C22H18ClN3OS. The van der Waals surface area contributed by atoms with Crippen molar-refractivity contribution in [1.82, 2.24) is 14.8 Å². The summed E-state index contributed by atoms with van der Waals surface area (Å²) < 4.78 is 7.44. The smallest absolute Gasteiger partial charge is 0.196 e. The SMILES string of the molecule is COc1cccc(-c2nnc(SCc3cccc(Cl)c3)n2-c2ccccc2)c1. The number of aromatic nitrogens is 3. The van der Waals surface area contributed by atoms with Gasteiger partial charge >= 0.3 is 0 Å². The first-order valence-corrected chi connectivity index (χ1v) is 10.1. The van der Waals surface area contributed by atoms with E-state index < -0.39 is 0 Å². The van der Waals surface area contributed by atoms with Crippen LogP contribution in [0.15, 0.2) is 84.0 Å². The molecule has 0 spiro atoms. The summed E-state index contributed by atoms with van der Waals surface area (Å²) in [5.74, 6) is 2.32. The lowest BCUT2D eigenvalue weighted by molar-refractivity contribution is 0.415. The van der Waals surface area contributed by atoms with E-state index in [9.17, 15) is 0 Å². The molecule has 4 nitrogen and oxygen atoms in total. The number of hydrogen-bond donors (Lipinski definition) is 0. The molecule has 0 saturated carbocycles. The predicted octanol–water partition coefficient (Wildman–Crippen LogP) is 5.89. The van der Waals surface area contributed by atoms with Gasteiger partial charge in [0.2, 0.25) is 0 Å². The van der Waals surface area contributed by atoms with Crippen LogP contribution in [0.4, 0.5) is 0 Å². The molecule has 0 amide bonds. The first-order valence-electron chi connectivity index (χ1n) is 8.77. The van der Waals surface area contributed by atoms with E-state index in [0.717, 1.165) is 44.3 Å². The van der Waals surface area contributed by atoms with Crippen LogP contribution in [0.3, 0.4) is 0 Å². The Morgan fingerprint density at radius 3 is 2.54 bits per heavy atom.